The zero-order valence-electron chi connectivity index (χ0n) is 11.7. The summed E-state index contributed by atoms with van der Waals surface area (Å²) in [7, 11) is 1.99. The van der Waals surface area contributed by atoms with Gasteiger partial charge in [-0.05, 0) is 39.2 Å². The van der Waals surface area contributed by atoms with Crippen LogP contribution in [0.1, 0.15) is 39.0 Å². The van der Waals surface area contributed by atoms with Crippen molar-refractivity contribution in [3.05, 3.63) is 0 Å². The number of ether oxygens (including phenoxy) is 3. The maximum atomic E-state index is 5.97. The fourth-order valence-corrected chi connectivity index (χ4v) is 2.67. The van der Waals surface area contributed by atoms with Crippen LogP contribution in [0.15, 0.2) is 0 Å². The lowest BCUT2D eigenvalue weighted by atomic mass is 9.85. The van der Waals surface area contributed by atoms with Gasteiger partial charge in [0.25, 0.3) is 0 Å². The van der Waals surface area contributed by atoms with Crippen LogP contribution in [0.4, 0.5) is 0 Å². The summed E-state index contributed by atoms with van der Waals surface area (Å²) in [6, 6.07) is 0.453. The van der Waals surface area contributed by atoms with Gasteiger partial charge in [0, 0.05) is 19.3 Å². The molecule has 1 aliphatic carbocycles. The lowest BCUT2D eigenvalue weighted by Gasteiger charge is -2.44. The molecular weight excluding hydrogens is 230 g/mol. The van der Waals surface area contributed by atoms with E-state index < -0.39 is 0 Å². The van der Waals surface area contributed by atoms with Crippen molar-refractivity contribution in [1.82, 2.24) is 5.32 Å². The number of rotatable bonds is 7. The minimum Gasteiger partial charge on any atom is -0.376 e. The Hall–Kier alpha value is -0.160. The first-order valence-corrected chi connectivity index (χ1v) is 7.37. The Morgan fingerprint density at radius 1 is 1.28 bits per heavy atom. The molecule has 0 aromatic heterocycles. The molecule has 1 saturated carbocycles. The van der Waals surface area contributed by atoms with Crippen molar-refractivity contribution in [3.8, 4) is 0 Å². The molecule has 18 heavy (non-hydrogen) atoms. The predicted molar refractivity (Wildman–Crippen MR) is 70.8 cm³/mol. The highest BCUT2D eigenvalue weighted by Gasteiger charge is 2.42. The van der Waals surface area contributed by atoms with Crippen molar-refractivity contribution in [3.63, 3.8) is 0 Å². The van der Waals surface area contributed by atoms with Crippen molar-refractivity contribution in [2.75, 3.05) is 26.9 Å². The Morgan fingerprint density at radius 3 is 2.83 bits per heavy atom. The molecule has 4 atom stereocenters. The molecule has 0 bridgehead atoms. The number of likely N-dealkylation sites (N-methyl/N-ethyl adjacent to an activating group) is 1. The van der Waals surface area contributed by atoms with Crippen molar-refractivity contribution in [2.24, 2.45) is 0 Å². The first kappa shape index (κ1) is 14.3. The second-order valence-corrected chi connectivity index (χ2v) is 5.33. The van der Waals surface area contributed by atoms with Gasteiger partial charge in [0.15, 0.2) is 0 Å². The van der Waals surface area contributed by atoms with E-state index in [1.54, 1.807) is 0 Å². The molecule has 4 nitrogen and oxygen atoms in total. The van der Waals surface area contributed by atoms with E-state index >= 15 is 0 Å². The summed E-state index contributed by atoms with van der Waals surface area (Å²) in [5, 5.41) is 3.29. The molecule has 0 amide bonds. The molecule has 0 spiro atoms. The zero-order valence-corrected chi connectivity index (χ0v) is 11.7. The van der Waals surface area contributed by atoms with Gasteiger partial charge in [-0.15, -0.1) is 0 Å². The molecule has 4 unspecified atom stereocenters. The lowest BCUT2D eigenvalue weighted by molar-refractivity contribution is -0.164. The number of hydrogen-bond acceptors (Lipinski definition) is 4. The summed E-state index contributed by atoms with van der Waals surface area (Å²) >= 11 is 0. The van der Waals surface area contributed by atoms with E-state index in [9.17, 15) is 0 Å². The predicted octanol–water partition coefficient (Wildman–Crippen LogP) is 1.73. The Balaban J connectivity index is 1.68. The lowest BCUT2D eigenvalue weighted by Crippen LogP contribution is -2.59. The minimum absolute atomic E-state index is 0.221. The molecule has 1 N–H and O–H groups in total. The fourth-order valence-electron chi connectivity index (χ4n) is 2.67. The Morgan fingerprint density at radius 2 is 2.17 bits per heavy atom. The summed E-state index contributed by atoms with van der Waals surface area (Å²) in [5.41, 5.74) is 0. The second-order valence-electron chi connectivity index (χ2n) is 5.33. The third-order valence-corrected chi connectivity index (χ3v) is 3.90. The molecule has 2 fully saturated rings. The van der Waals surface area contributed by atoms with Crippen molar-refractivity contribution in [2.45, 2.75) is 63.4 Å². The van der Waals surface area contributed by atoms with Gasteiger partial charge in [-0.1, -0.05) is 6.92 Å². The number of hydrogen-bond donors (Lipinski definition) is 1. The normalized spacial score (nSPS) is 36.3. The van der Waals surface area contributed by atoms with Gasteiger partial charge in [0.05, 0.1) is 24.9 Å². The van der Waals surface area contributed by atoms with Gasteiger partial charge in [-0.2, -0.15) is 0 Å². The quantitative estimate of drug-likeness (QED) is 0.754. The molecule has 1 saturated heterocycles. The van der Waals surface area contributed by atoms with E-state index in [2.05, 4.69) is 12.2 Å². The first-order chi connectivity index (χ1) is 8.85. The third-order valence-electron chi connectivity index (χ3n) is 3.90. The highest BCUT2D eigenvalue weighted by molar-refractivity contribution is 4.96. The largest absolute Gasteiger partial charge is 0.376 e. The average molecular weight is 257 g/mol. The van der Waals surface area contributed by atoms with Crippen LogP contribution in [-0.2, 0) is 14.2 Å². The summed E-state index contributed by atoms with van der Waals surface area (Å²) < 4.78 is 17.5. The van der Waals surface area contributed by atoms with Crippen molar-refractivity contribution >= 4 is 0 Å². The molecule has 1 aliphatic heterocycles. The van der Waals surface area contributed by atoms with Crippen molar-refractivity contribution < 1.29 is 14.2 Å². The van der Waals surface area contributed by atoms with Crippen LogP contribution in [0.2, 0.25) is 0 Å². The SMILES string of the molecule is CCCOC1C(NC)CC1OCC1CCCCO1. The fraction of sp³-hybridized carbons (Fsp3) is 1.00. The van der Waals surface area contributed by atoms with E-state index in [0.29, 0.717) is 12.1 Å². The van der Waals surface area contributed by atoms with Gasteiger partial charge in [-0.25, -0.2) is 0 Å². The van der Waals surface area contributed by atoms with Gasteiger partial charge in [0.2, 0.25) is 0 Å². The second kappa shape index (κ2) is 7.43. The van der Waals surface area contributed by atoms with Gasteiger partial charge < -0.3 is 19.5 Å². The molecule has 2 aliphatic rings. The average Bonchev–Trinajstić information content (AvgIpc) is 2.39. The van der Waals surface area contributed by atoms with E-state index in [1.165, 1.54) is 12.8 Å². The smallest absolute Gasteiger partial charge is 0.0990 e. The van der Waals surface area contributed by atoms with Gasteiger partial charge in [0.1, 0.15) is 0 Å². The van der Waals surface area contributed by atoms with Crippen LogP contribution in [0, 0.1) is 0 Å². The van der Waals surface area contributed by atoms with E-state index in [4.69, 9.17) is 14.2 Å². The monoisotopic (exact) mass is 257 g/mol. The molecule has 106 valence electrons. The Labute approximate surface area is 110 Å². The first-order valence-electron chi connectivity index (χ1n) is 7.37. The molecule has 0 aromatic carbocycles. The van der Waals surface area contributed by atoms with Crippen LogP contribution in [-0.4, -0.2) is 51.2 Å². The van der Waals surface area contributed by atoms with E-state index in [-0.39, 0.29) is 12.2 Å². The standard InChI is InChI=1S/C14H27NO3/c1-3-7-17-14-12(15-2)9-13(14)18-10-11-6-4-5-8-16-11/h11-15H,3-10H2,1-2H3. The minimum atomic E-state index is 0.221. The van der Waals surface area contributed by atoms with E-state index in [0.717, 1.165) is 39.1 Å². The van der Waals surface area contributed by atoms with Gasteiger partial charge >= 0.3 is 0 Å². The van der Waals surface area contributed by atoms with Crippen LogP contribution in [0.5, 0.6) is 0 Å². The summed E-state index contributed by atoms with van der Waals surface area (Å²) in [6.07, 6.45) is 6.50. The number of nitrogens with one attached hydrogen (secondary N) is 1. The molecule has 0 aromatic rings. The Kier molecular flexibility index (Phi) is 5.89. The zero-order chi connectivity index (χ0) is 12.8. The van der Waals surface area contributed by atoms with Crippen LogP contribution in [0.25, 0.3) is 0 Å². The highest BCUT2D eigenvalue weighted by atomic mass is 16.6. The molecule has 2 rings (SSSR count). The molecule has 1 heterocycles. The van der Waals surface area contributed by atoms with Crippen molar-refractivity contribution in [1.29, 1.82) is 0 Å². The molecular formula is C14H27NO3. The maximum absolute atomic E-state index is 5.97. The topological polar surface area (TPSA) is 39.7 Å². The summed E-state index contributed by atoms with van der Waals surface area (Å²) in [5.74, 6) is 0. The summed E-state index contributed by atoms with van der Waals surface area (Å²) in [6.45, 7) is 4.59. The van der Waals surface area contributed by atoms with Crippen LogP contribution >= 0.6 is 0 Å². The molecule has 0 radical (unpaired) electrons. The van der Waals surface area contributed by atoms with Crippen LogP contribution in [0.3, 0.4) is 0 Å². The Bertz CT molecular complexity index is 231. The summed E-state index contributed by atoms with van der Waals surface area (Å²) in [4.78, 5) is 0. The maximum Gasteiger partial charge on any atom is 0.0990 e. The van der Waals surface area contributed by atoms with E-state index in [1.807, 2.05) is 7.05 Å². The third kappa shape index (κ3) is 3.67. The van der Waals surface area contributed by atoms with Crippen LogP contribution < -0.4 is 5.32 Å². The van der Waals surface area contributed by atoms with Gasteiger partial charge in [-0.3, -0.25) is 0 Å². The molecule has 4 heteroatoms. The highest BCUT2D eigenvalue weighted by Crippen LogP contribution is 2.28.